The summed E-state index contributed by atoms with van der Waals surface area (Å²) in [6.07, 6.45) is 1.17. The van der Waals surface area contributed by atoms with Crippen LogP contribution in [0.1, 0.15) is 35.3 Å². The highest BCUT2D eigenvalue weighted by Crippen LogP contribution is 2.33. The first-order valence-corrected chi connectivity index (χ1v) is 9.99. The van der Waals surface area contributed by atoms with E-state index in [1.165, 1.54) is 22.7 Å². The second kappa shape index (κ2) is 7.78. The molecule has 0 amide bonds. The second-order valence-electron chi connectivity index (χ2n) is 6.41. The number of hydrogen-bond donors (Lipinski definition) is 1. The van der Waals surface area contributed by atoms with Crippen molar-refractivity contribution >= 4 is 21.7 Å². The minimum absolute atomic E-state index is 0.200. The van der Waals surface area contributed by atoms with Crippen molar-refractivity contribution in [3.8, 4) is 5.75 Å². The fourth-order valence-electron chi connectivity index (χ4n) is 2.66. The summed E-state index contributed by atoms with van der Waals surface area (Å²) < 4.78 is 31.6. The van der Waals surface area contributed by atoms with Gasteiger partial charge in [-0.3, -0.25) is 4.31 Å². The van der Waals surface area contributed by atoms with Crippen LogP contribution in [0.2, 0.25) is 0 Å². The minimum Gasteiger partial charge on any atom is -0.487 e. The zero-order valence-electron chi connectivity index (χ0n) is 15.3. The van der Waals surface area contributed by atoms with Crippen molar-refractivity contribution in [2.24, 2.45) is 0 Å². The summed E-state index contributed by atoms with van der Waals surface area (Å²) in [5.74, 6) is -0.523. The van der Waals surface area contributed by atoms with E-state index in [0.717, 1.165) is 11.1 Å². The molecule has 0 radical (unpaired) electrons. The molecule has 2 aromatic carbocycles. The number of sulfonamides is 1. The van der Waals surface area contributed by atoms with Crippen molar-refractivity contribution < 1.29 is 23.1 Å². The van der Waals surface area contributed by atoms with Gasteiger partial charge in [-0.2, -0.15) is 0 Å². The van der Waals surface area contributed by atoms with Gasteiger partial charge in [-0.1, -0.05) is 18.2 Å². The van der Waals surface area contributed by atoms with Crippen LogP contribution in [-0.4, -0.2) is 31.8 Å². The van der Waals surface area contributed by atoms with Crippen LogP contribution in [0.5, 0.6) is 5.75 Å². The monoisotopic (exact) mass is 377 g/mol. The van der Waals surface area contributed by atoms with Crippen molar-refractivity contribution in [2.75, 3.05) is 10.6 Å². The van der Waals surface area contributed by atoms with Crippen molar-refractivity contribution in [2.45, 2.75) is 33.4 Å². The standard InChI is InChI=1S/C19H23NO5S/c1-13(2)20(26(4,23)24)17-10-5-14(3)11-18(17)25-12-15-6-8-16(9-7-15)19(21)22/h5-11,13H,12H2,1-4H3,(H,21,22). The molecular weight excluding hydrogens is 354 g/mol. The SMILES string of the molecule is Cc1ccc(N(C(C)C)S(C)(=O)=O)c(OCc2ccc(C(=O)O)cc2)c1. The largest absolute Gasteiger partial charge is 0.487 e. The summed E-state index contributed by atoms with van der Waals surface area (Å²) in [5, 5.41) is 8.95. The number of rotatable bonds is 7. The van der Waals surface area contributed by atoms with Gasteiger partial charge >= 0.3 is 5.97 Å². The molecule has 2 rings (SSSR count). The number of hydrogen-bond acceptors (Lipinski definition) is 4. The van der Waals surface area contributed by atoms with Gasteiger partial charge in [0, 0.05) is 6.04 Å². The van der Waals surface area contributed by atoms with Crippen LogP contribution in [0.3, 0.4) is 0 Å². The zero-order chi connectivity index (χ0) is 19.5. The van der Waals surface area contributed by atoms with Gasteiger partial charge in [0.05, 0.1) is 17.5 Å². The Morgan fingerprint density at radius 2 is 1.77 bits per heavy atom. The lowest BCUT2D eigenvalue weighted by Crippen LogP contribution is -2.36. The molecule has 0 fully saturated rings. The lowest BCUT2D eigenvalue weighted by atomic mass is 10.1. The Hall–Kier alpha value is -2.54. The van der Waals surface area contributed by atoms with E-state index in [1.807, 2.05) is 13.0 Å². The number of carboxylic acid groups (broad SMARTS) is 1. The number of aryl methyl sites for hydroxylation is 1. The van der Waals surface area contributed by atoms with E-state index in [4.69, 9.17) is 9.84 Å². The number of ether oxygens (including phenoxy) is 1. The number of carbonyl (C=O) groups is 1. The summed E-state index contributed by atoms with van der Waals surface area (Å²) in [6.45, 7) is 5.70. The average Bonchev–Trinajstić information content (AvgIpc) is 2.53. The maximum atomic E-state index is 12.2. The van der Waals surface area contributed by atoms with Crippen LogP contribution >= 0.6 is 0 Å². The summed E-state index contributed by atoms with van der Waals surface area (Å²) in [4.78, 5) is 10.9. The number of carboxylic acids is 1. The molecule has 0 unspecified atom stereocenters. The van der Waals surface area contributed by atoms with Gasteiger partial charge in [0.25, 0.3) is 0 Å². The fourth-order valence-corrected chi connectivity index (χ4v) is 3.94. The summed E-state index contributed by atoms with van der Waals surface area (Å²) in [5.41, 5.74) is 2.42. The van der Waals surface area contributed by atoms with Gasteiger partial charge in [-0.15, -0.1) is 0 Å². The Labute approximate surface area is 154 Å². The fraction of sp³-hybridized carbons (Fsp3) is 0.316. The Morgan fingerprint density at radius 1 is 1.15 bits per heavy atom. The molecule has 0 saturated heterocycles. The molecule has 0 atom stereocenters. The topological polar surface area (TPSA) is 83.9 Å². The first kappa shape index (κ1) is 19.8. The van der Waals surface area contributed by atoms with Gasteiger partial charge in [0.2, 0.25) is 10.0 Å². The summed E-state index contributed by atoms with van der Waals surface area (Å²) >= 11 is 0. The maximum Gasteiger partial charge on any atom is 0.335 e. The van der Waals surface area contributed by atoms with E-state index in [1.54, 1.807) is 38.1 Å². The Balaban J connectivity index is 2.31. The van der Waals surface area contributed by atoms with Gasteiger partial charge in [0.1, 0.15) is 12.4 Å². The number of anilines is 1. The Bertz CT molecular complexity index is 889. The van der Waals surface area contributed by atoms with Crippen LogP contribution in [0.25, 0.3) is 0 Å². The molecule has 0 aliphatic heterocycles. The third kappa shape index (κ3) is 4.76. The van der Waals surface area contributed by atoms with Crippen molar-refractivity contribution in [1.82, 2.24) is 0 Å². The zero-order valence-corrected chi connectivity index (χ0v) is 16.1. The molecule has 0 spiro atoms. The molecule has 0 aliphatic rings. The van der Waals surface area contributed by atoms with Gasteiger partial charge in [0.15, 0.2) is 0 Å². The first-order chi connectivity index (χ1) is 12.1. The highest BCUT2D eigenvalue weighted by Gasteiger charge is 2.24. The molecule has 7 heteroatoms. The number of aromatic carboxylic acids is 1. The lowest BCUT2D eigenvalue weighted by molar-refractivity contribution is 0.0697. The van der Waals surface area contributed by atoms with Crippen LogP contribution in [0, 0.1) is 6.92 Å². The molecule has 6 nitrogen and oxygen atoms in total. The van der Waals surface area contributed by atoms with Crippen LogP contribution in [0.4, 0.5) is 5.69 Å². The van der Waals surface area contributed by atoms with E-state index in [2.05, 4.69) is 0 Å². The van der Waals surface area contributed by atoms with E-state index in [-0.39, 0.29) is 18.2 Å². The average molecular weight is 377 g/mol. The number of benzene rings is 2. The van der Waals surface area contributed by atoms with E-state index in [9.17, 15) is 13.2 Å². The molecule has 0 aromatic heterocycles. The Morgan fingerprint density at radius 3 is 2.27 bits per heavy atom. The molecule has 0 aliphatic carbocycles. The second-order valence-corrected chi connectivity index (χ2v) is 8.27. The molecule has 1 N–H and O–H groups in total. The third-order valence-electron chi connectivity index (χ3n) is 3.77. The predicted molar refractivity (Wildman–Crippen MR) is 101 cm³/mol. The van der Waals surface area contributed by atoms with Gasteiger partial charge < -0.3 is 9.84 Å². The minimum atomic E-state index is -3.46. The normalized spacial score (nSPS) is 11.4. The smallest absolute Gasteiger partial charge is 0.335 e. The van der Waals surface area contributed by atoms with Crippen molar-refractivity contribution in [3.05, 3.63) is 59.2 Å². The van der Waals surface area contributed by atoms with Crippen LogP contribution in [0.15, 0.2) is 42.5 Å². The summed E-state index contributed by atoms with van der Waals surface area (Å²) in [6, 6.07) is 11.5. The molecule has 0 heterocycles. The van der Waals surface area contributed by atoms with E-state index in [0.29, 0.717) is 11.4 Å². The summed E-state index contributed by atoms with van der Waals surface area (Å²) in [7, 11) is -3.46. The van der Waals surface area contributed by atoms with E-state index < -0.39 is 16.0 Å². The lowest BCUT2D eigenvalue weighted by Gasteiger charge is -2.28. The third-order valence-corrected chi connectivity index (χ3v) is 5.11. The highest BCUT2D eigenvalue weighted by atomic mass is 32.2. The quantitative estimate of drug-likeness (QED) is 0.799. The Kier molecular flexibility index (Phi) is 5.92. The predicted octanol–water partition coefficient (Wildman–Crippen LogP) is 3.45. The van der Waals surface area contributed by atoms with Crippen molar-refractivity contribution in [1.29, 1.82) is 0 Å². The molecule has 140 valence electrons. The van der Waals surface area contributed by atoms with Gasteiger partial charge in [-0.25, -0.2) is 13.2 Å². The number of nitrogens with zero attached hydrogens (tertiary/aromatic N) is 1. The first-order valence-electron chi connectivity index (χ1n) is 8.14. The van der Waals surface area contributed by atoms with Crippen LogP contribution < -0.4 is 9.04 Å². The molecular formula is C19H23NO5S. The maximum absolute atomic E-state index is 12.2. The molecule has 2 aromatic rings. The van der Waals surface area contributed by atoms with Crippen LogP contribution in [-0.2, 0) is 16.6 Å². The molecule has 26 heavy (non-hydrogen) atoms. The van der Waals surface area contributed by atoms with E-state index >= 15 is 0 Å². The van der Waals surface area contributed by atoms with Crippen molar-refractivity contribution in [3.63, 3.8) is 0 Å². The van der Waals surface area contributed by atoms with Gasteiger partial charge in [-0.05, 0) is 56.2 Å². The highest BCUT2D eigenvalue weighted by molar-refractivity contribution is 7.92. The molecule has 0 saturated carbocycles. The molecule has 0 bridgehead atoms.